The van der Waals surface area contributed by atoms with E-state index in [1.807, 2.05) is 6.07 Å². The Balaban J connectivity index is 1.85. The second kappa shape index (κ2) is 12.8. The third-order valence-corrected chi connectivity index (χ3v) is 7.35. The molecule has 2 aromatic carbocycles. The highest BCUT2D eigenvalue weighted by Gasteiger charge is 2.44. The molecule has 0 bridgehead atoms. The molecule has 2 N–H and O–H groups in total. The molecule has 1 heterocycles. The van der Waals surface area contributed by atoms with Gasteiger partial charge in [-0.25, -0.2) is 12.8 Å². The number of hydrogen-bond acceptors (Lipinski definition) is 6. The number of alkyl halides is 4. The van der Waals surface area contributed by atoms with E-state index in [1.165, 1.54) is 48.8 Å². The van der Waals surface area contributed by atoms with Gasteiger partial charge in [-0.05, 0) is 60.4 Å². The molecular weight excluding hydrogens is 560 g/mol. The summed E-state index contributed by atoms with van der Waals surface area (Å²) in [6.07, 6.45) is -1.25. The van der Waals surface area contributed by atoms with E-state index in [2.05, 4.69) is 15.6 Å². The lowest BCUT2D eigenvalue weighted by atomic mass is 9.96. The molecule has 12 heteroatoms. The van der Waals surface area contributed by atoms with E-state index in [0.29, 0.717) is 16.7 Å². The van der Waals surface area contributed by atoms with Crippen molar-refractivity contribution in [2.45, 2.75) is 61.6 Å². The summed E-state index contributed by atoms with van der Waals surface area (Å²) in [5.41, 5.74) is -0.394. The highest BCUT2D eigenvalue weighted by Crippen LogP contribution is 2.35. The van der Waals surface area contributed by atoms with Gasteiger partial charge in [0.1, 0.15) is 17.8 Å². The fraction of sp³-hybridized carbons (Fsp3) is 0.345. The monoisotopic (exact) mass is 590 g/mol. The van der Waals surface area contributed by atoms with Crippen LogP contribution in [0.3, 0.4) is 0 Å². The zero-order valence-electron chi connectivity index (χ0n) is 22.6. The molecule has 0 radical (unpaired) electrons. The number of hydrogen-bond donors (Lipinski definition) is 2. The molecule has 0 aliphatic carbocycles. The van der Waals surface area contributed by atoms with Gasteiger partial charge in [0.2, 0.25) is 5.91 Å². The minimum Gasteiger partial charge on any atom is -0.339 e. The normalized spacial score (nSPS) is 14.5. The molecule has 0 fully saturated rings. The summed E-state index contributed by atoms with van der Waals surface area (Å²) in [7, 11) is -3.41. The first kappa shape index (κ1) is 31.7. The molecule has 7 nitrogen and oxygen atoms in total. The quantitative estimate of drug-likeness (QED) is 0.301. The standard InChI is InChI=1S/C29H30F4N4O3S/c1-28(2,30)17-25(27(38)36-23(18-34)16-19-12-14-35-15-13-19)37-26(29(31,32)33)22-6-4-20(5-7-22)21-8-10-24(11-9-21)41(3,39)40/h4-15,23,25-26,37H,16-17H2,1-3H3,(H,36,38)/t23-,25-,26-/m0/s1. The van der Waals surface area contributed by atoms with Gasteiger partial charge in [0.05, 0.1) is 17.0 Å². The Bertz CT molecular complexity index is 1470. The van der Waals surface area contributed by atoms with Gasteiger partial charge >= 0.3 is 6.18 Å². The molecule has 0 saturated heterocycles. The SMILES string of the molecule is CC(C)(F)C[C@H](N[C@@H](c1ccc(-c2ccc(S(C)(=O)=O)cc2)cc1)C(F)(F)F)C(=O)N[C@H](C#N)Cc1ccncc1. The van der Waals surface area contributed by atoms with E-state index in [9.17, 15) is 36.0 Å². The average molecular weight is 591 g/mol. The third-order valence-electron chi connectivity index (χ3n) is 6.22. The van der Waals surface area contributed by atoms with Crippen LogP contribution in [0, 0.1) is 11.3 Å². The number of nitrogens with one attached hydrogen (secondary N) is 2. The Morgan fingerprint density at radius 3 is 1.95 bits per heavy atom. The van der Waals surface area contributed by atoms with Crippen molar-refractivity contribution in [1.29, 1.82) is 5.26 Å². The van der Waals surface area contributed by atoms with Crippen molar-refractivity contribution in [3.63, 3.8) is 0 Å². The number of aromatic nitrogens is 1. The number of sulfone groups is 1. The van der Waals surface area contributed by atoms with Crippen LogP contribution in [0.5, 0.6) is 0 Å². The summed E-state index contributed by atoms with van der Waals surface area (Å²) in [5, 5.41) is 14.2. The van der Waals surface area contributed by atoms with Crippen LogP contribution in [-0.4, -0.2) is 49.5 Å². The van der Waals surface area contributed by atoms with Gasteiger partial charge in [0, 0.05) is 31.5 Å². The Hall–Kier alpha value is -3.82. The summed E-state index contributed by atoms with van der Waals surface area (Å²) < 4.78 is 80.8. The molecule has 0 spiro atoms. The molecule has 0 aliphatic rings. The van der Waals surface area contributed by atoms with Crippen LogP contribution in [0.2, 0.25) is 0 Å². The summed E-state index contributed by atoms with van der Waals surface area (Å²) in [5.74, 6) is -0.937. The number of benzene rings is 2. The van der Waals surface area contributed by atoms with Gasteiger partial charge in [0.15, 0.2) is 9.84 Å². The zero-order chi connectivity index (χ0) is 30.4. The highest BCUT2D eigenvalue weighted by atomic mass is 32.2. The lowest BCUT2D eigenvalue weighted by Crippen LogP contribution is -2.53. The number of carbonyl (C=O) groups excluding carboxylic acids is 1. The molecule has 3 rings (SSSR count). The number of nitrogens with zero attached hydrogens (tertiary/aromatic N) is 2. The van der Waals surface area contributed by atoms with Crippen LogP contribution < -0.4 is 10.6 Å². The summed E-state index contributed by atoms with van der Waals surface area (Å²) in [6.45, 7) is 2.31. The van der Waals surface area contributed by atoms with Crippen molar-refractivity contribution in [2.75, 3.05) is 6.26 Å². The Morgan fingerprint density at radius 1 is 0.951 bits per heavy atom. The van der Waals surface area contributed by atoms with E-state index in [4.69, 9.17) is 0 Å². The number of carbonyl (C=O) groups is 1. The van der Waals surface area contributed by atoms with Crippen molar-refractivity contribution in [3.8, 4) is 17.2 Å². The van der Waals surface area contributed by atoms with Gasteiger partial charge in [-0.15, -0.1) is 0 Å². The maximum atomic E-state index is 14.6. The van der Waals surface area contributed by atoms with Crippen LogP contribution in [-0.2, 0) is 21.1 Å². The van der Waals surface area contributed by atoms with Crippen molar-refractivity contribution < 1.29 is 30.8 Å². The van der Waals surface area contributed by atoms with Crippen molar-refractivity contribution in [3.05, 3.63) is 84.2 Å². The van der Waals surface area contributed by atoms with Crippen molar-refractivity contribution in [1.82, 2.24) is 15.6 Å². The van der Waals surface area contributed by atoms with E-state index in [1.54, 1.807) is 24.3 Å². The first-order valence-electron chi connectivity index (χ1n) is 12.6. The van der Waals surface area contributed by atoms with Crippen molar-refractivity contribution >= 4 is 15.7 Å². The number of halogens is 4. The predicted octanol–water partition coefficient (Wildman–Crippen LogP) is 5.10. The Morgan fingerprint density at radius 2 is 1.49 bits per heavy atom. The maximum absolute atomic E-state index is 14.6. The number of nitriles is 1. The van der Waals surface area contributed by atoms with E-state index in [-0.39, 0.29) is 16.9 Å². The first-order valence-corrected chi connectivity index (χ1v) is 14.5. The van der Waals surface area contributed by atoms with Gasteiger partial charge in [-0.1, -0.05) is 36.4 Å². The largest absolute Gasteiger partial charge is 0.407 e. The summed E-state index contributed by atoms with van der Waals surface area (Å²) >= 11 is 0. The smallest absolute Gasteiger partial charge is 0.339 e. The lowest BCUT2D eigenvalue weighted by molar-refractivity contribution is -0.161. The van der Waals surface area contributed by atoms with Crippen LogP contribution >= 0.6 is 0 Å². The van der Waals surface area contributed by atoms with Crippen LogP contribution in [0.15, 0.2) is 78.0 Å². The third kappa shape index (κ3) is 9.37. The highest BCUT2D eigenvalue weighted by molar-refractivity contribution is 7.90. The minimum atomic E-state index is -4.84. The molecule has 1 aromatic heterocycles. The van der Waals surface area contributed by atoms with Gasteiger partial charge in [-0.2, -0.15) is 18.4 Å². The number of pyridine rings is 1. The van der Waals surface area contributed by atoms with E-state index in [0.717, 1.165) is 20.1 Å². The van der Waals surface area contributed by atoms with Gasteiger partial charge in [0.25, 0.3) is 0 Å². The van der Waals surface area contributed by atoms with Crippen LogP contribution in [0.25, 0.3) is 11.1 Å². The van der Waals surface area contributed by atoms with E-state index >= 15 is 0 Å². The maximum Gasteiger partial charge on any atom is 0.407 e. The summed E-state index contributed by atoms with van der Waals surface area (Å²) in [4.78, 5) is 17.1. The fourth-order valence-electron chi connectivity index (χ4n) is 4.21. The van der Waals surface area contributed by atoms with Crippen LogP contribution in [0.1, 0.15) is 37.4 Å². The van der Waals surface area contributed by atoms with Gasteiger partial charge in [-0.3, -0.25) is 15.1 Å². The molecule has 3 aromatic rings. The average Bonchev–Trinajstić information content (AvgIpc) is 2.89. The Labute approximate surface area is 236 Å². The zero-order valence-corrected chi connectivity index (χ0v) is 23.4. The molecule has 0 unspecified atom stereocenters. The first-order chi connectivity index (χ1) is 19.1. The molecule has 41 heavy (non-hydrogen) atoms. The molecule has 218 valence electrons. The number of amides is 1. The molecular formula is C29H30F4N4O3S. The second-order valence-electron chi connectivity index (χ2n) is 10.3. The Kier molecular flexibility index (Phi) is 9.89. The fourth-order valence-corrected chi connectivity index (χ4v) is 4.84. The molecule has 1 amide bonds. The molecule has 0 saturated carbocycles. The lowest BCUT2D eigenvalue weighted by Gasteiger charge is -2.30. The number of rotatable bonds is 11. The summed E-state index contributed by atoms with van der Waals surface area (Å²) in [6, 6.07) is 11.5. The van der Waals surface area contributed by atoms with Crippen molar-refractivity contribution in [2.24, 2.45) is 0 Å². The second-order valence-corrected chi connectivity index (χ2v) is 12.3. The molecule has 3 atom stereocenters. The van der Waals surface area contributed by atoms with E-state index < -0.39 is 52.1 Å². The molecule has 0 aliphatic heterocycles. The van der Waals surface area contributed by atoms with Crippen LogP contribution in [0.4, 0.5) is 17.6 Å². The predicted molar refractivity (Wildman–Crippen MR) is 146 cm³/mol. The minimum absolute atomic E-state index is 0.0891. The topological polar surface area (TPSA) is 112 Å². The van der Waals surface area contributed by atoms with Gasteiger partial charge < -0.3 is 5.32 Å².